The zero-order chi connectivity index (χ0) is 14.6. The van der Waals surface area contributed by atoms with Gasteiger partial charge in [-0.1, -0.05) is 17.7 Å². The molecule has 19 heavy (non-hydrogen) atoms. The third-order valence-electron chi connectivity index (χ3n) is 2.67. The van der Waals surface area contributed by atoms with Crippen molar-refractivity contribution in [3.63, 3.8) is 0 Å². The van der Waals surface area contributed by atoms with Gasteiger partial charge in [0.15, 0.2) is 6.04 Å². The summed E-state index contributed by atoms with van der Waals surface area (Å²) in [4.78, 5) is 21.9. The Hall–Kier alpha value is -2.04. The van der Waals surface area contributed by atoms with Crippen LogP contribution in [-0.4, -0.2) is 29.6 Å². The van der Waals surface area contributed by atoms with E-state index in [2.05, 4.69) is 5.32 Å². The number of ether oxygens (including phenoxy) is 1. The molecule has 0 heterocycles. The molecule has 0 aromatic heterocycles. The standard InChI is InChI=1S/C14H19NO4/c1-8-5-9(2)13(10(3)6-8)19-7-12(14(17)18)15-11(4)16/h5-6,12H,7H2,1-4H3,(H,15,16)(H,17,18). The van der Waals surface area contributed by atoms with Crippen molar-refractivity contribution in [1.29, 1.82) is 0 Å². The first-order chi connectivity index (χ1) is 8.81. The van der Waals surface area contributed by atoms with Gasteiger partial charge in [-0.25, -0.2) is 4.79 Å². The predicted octanol–water partition coefficient (Wildman–Crippen LogP) is 1.58. The average molecular weight is 265 g/mol. The highest BCUT2D eigenvalue weighted by atomic mass is 16.5. The van der Waals surface area contributed by atoms with E-state index in [-0.39, 0.29) is 6.61 Å². The van der Waals surface area contributed by atoms with Crippen molar-refractivity contribution in [2.45, 2.75) is 33.7 Å². The van der Waals surface area contributed by atoms with Crippen LogP contribution in [0, 0.1) is 20.8 Å². The summed E-state index contributed by atoms with van der Waals surface area (Å²) < 4.78 is 5.55. The minimum absolute atomic E-state index is 0.0976. The Bertz CT molecular complexity index is 473. The van der Waals surface area contributed by atoms with Gasteiger partial charge in [0, 0.05) is 6.92 Å². The highest BCUT2D eigenvalue weighted by molar-refractivity contribution is 5.82. The Kier molecular flexibility index (Phi) is 4.92. The number of carboxylic acid groups (broad SMARTS) is 1. The van der Waals surface area contributed by atoms with Crippen LogP contribution >= 0.6 is 0 Å². The third-order valence-corrected chi connectivity index (χ3v) is 2.67. The highest BCUT2D eigenvalue weighted by Gasteiger charge is 2.20. The van der Waals surface area contributed by atoms with Gasteiger partial charge < -0.3 is 15.2 Å². The van der Waals surface area contributed by atoms with E-state index in [1.807, 2.05) is 32.9 Å². The van der Waals surface area contributed by atoms with E-state index in [1.165, 1.54) is 6.92 Å². The molecular formula is C14H19NO4. The summed E-state index contributed by atoms with van der Waals surface area (Å²) in [6.07, 6.45) is 0. The lowest BCUT2D eigenvalue weighted by molar-refractivity contribution is -0.142. The number of amides is 1. The molecule has 1 amide bonds. The van der Waals surface area contributed by atoms with Gasteiger partial charge >= 0.3 is 5.97 Å². The fraction of sp³-hybridized carbons (Fsp3) is 0.429. The minimum Gasteiger partial charge on any atom is -0.490 e. The van der Waals surface area contributed by atoms with Gasteiger partial charge in [0.05, 0.1) is 0 Å². The lowest BCUT2D eigenvalue weighted by atomic mass is 10.1. The summed E-state index contributed by atoms with van der Waals surface area (Å²) in [5.74, 6) is -0.840. The van der Waals surface area contributed by atoms with E-state index >= 15 is 0 Å². The number of carboxylic acids is 1. The number of rotatable bonds is 5. The number of nitrogens with one attached hydrogen (secondary N) is 1. The normalized spacial score (nSPS) is 11.8. The van der Waals surface area contributed by atoms with E-state index < -0.39 is 17.9 Å². The molecule has 0 aliphatic carbocycles. The molecule has 0 saturated heterocycles. The van der Waals surface area contributed by atoms with Crippen LogP contribution in [0.15, 0.2) is 12.1 Å². The van der Waals surface area contributed by atoms with Crippen LogP contribution in [0.1, 0.15) is 23.6 Å². The number of aliphatic carboxylic acids is 1. The van der Waals surface area contributed by atoms with Gasteiger partial charge in [-0.05, 0) is 31.9 Å². The SMILES string of the molecule is CC(=O)NC(COc1c(C)cc(C)cc1C)C(=O)O. The summed E-state index contributed by atoms with van der Waals surface area (Å²) in [5.41, 5.74) is 3.02. The van der Waals surface area contributed by atoms with Crippen LogP contribution in [0.2, 0.25) is 0 Å². The van der Waals surface area contributed by atoms with Crippen LogP contribution < -0.4 is 10.1 Å². The van der Waals surface area contributed by atoms with E-state index in [9.17, 15) is 9.59 Å². The number of hydrogen-bond acceptors (Lipinski definition) is 3. The summed E-state index contributed by atoms with van der Waals surface area (Å²) in [6, 6.07) is 2.89. The molecule has 0 aliphatic heterocycles. The first-order valence-corrected chi connectivity index (χ1v) is 6.01. The van der Waals surface area contributed by atoms with Crippen molar-refractivity contribution in [1.82, 2.24) is 5.32 Å². The Balaban J connectivity index is 2.80. The molecular weight excluding hydrogens is 246 g/mol. The second kappa shape index (κ2) is 6.22. The summed E-state index contributed by atoms with van der Waals surface area (Å²) in [5, 5.41) is 11.3. The largest absolute Gasteiger partial charge is 0.490 e. The molecule has 0 radical (unpaired) electrons. The van der Waals surface area contributed by atoms with Crippen molar-refractivity contribution in [2.24, 2.45) is 0 Å². The monoisotopic (exact) mass is 265 g/mol. The molecule has 1 aromatic rings. The first kappa shape index (κ1) is 15.0. The molecule has 1 unspecified atom stereocenters. The van der Waals surface area contributed by atoms with Crippen LogP contribution in [-0.2, 0) is 9.59 Å². The number of hydrogen-bond donors (Lipinski definition) is 2. The van der Waals surface area contributed by atoms with Gasteiger partial charge in [-0.15, -0.1) is 0 Å². The highest BCUT2D eigenvalue weighted by Crippen LogP contribution is 2.24. The number of carbonyl (C=O) groups is 2. The van der Waals surface area contributed by atoms with Crippen LogP contribution in [0.5, 0.6) is 5.75 Å². The maximum atomic E-state index is 11.0. The lowest BCUT2D eigenvalue weighted by Gasteiger charge is -2.17. The second-order valence-electron chi connectivity index (χ2n) is 4.63. The van der Waals surface area contributed by atoms with Crippen molar-refractivity contribution < 1.29 is 19.4 Å². The Morgan fingerprint density at radius 2 is 1.79 bits per heavy atom. The second-order valence-corrected chi connectivity index (χ2v) is 4.63. The van der Waals surface area contributed by atoms with Crippen LogP contribution in [0.25, 0.3) is 0 Å². The smallest absolute Gasteiger partial charge is 0.329 e. The molecule has 0 bridgehead atoms. The Labute approximate surface area is 112 Å². The van der Waals surface area contributed by atoms with Gasteiger partial charge in [0.1, 0.15) is 12.4 Å². The van der Waals surface area contributed by atoms with E-state index in [0.29, 0.717) is 5.75 Å². The maximum absolute atomic E-state index is 11.0. The maximum Gasteiger partial charge on any atom is 0.329 e. The predicted molar refractivity (Wildman–Crippen MR) is 71.4 cm³/mol. The van der Waals surface area contributed by atoms with E-state index in [0.717, 1.165) is 16.7 Å². The van der Waals surface area contributed by atoms with E-state index in [1.54, 1.807) is 0 Å². The van der Waals surface area contributed by atoms with Gasteiger partial charge in [0.2, 0.25) is 5.91 Å². The third kappa shape index (κ3) is 4.28. The van der Waals surface area contributed by atoms with Crippen LogP contribution in [0.4, 0.5) is 0 Å². The number of aryl methyl sites for hydroxylation is 3. The zero-order valence-corrected chi connectivity index (χ0v) is 11.6. The van der Waals surface area contributed by atoms with Gasteiger partial charge in [0.25, 0.3) is 0 Å². The molecule has 0 spiro atoms. The van der Waals surface area contributed by atoms with Crippen molar-refractivity contribution in [3.8, 4) is 5.75 Å². The minimum atomic E-state index is -1.11. The Morgan fingerprint density at radius 3 is 2.21 bits per heavy atom. The van der Waals surface area contributed by atoms with Gasteiger partial charge in [-0.3, -0.25) is 4.79 Å². The molecule has 5 nitrogen and oxygen atoms in total. The molecule has 0 saturated carbocycles. The van der Waals surface area contributed by atoms with Crippen LogP contribution in [0.3, 0.4) is 0 Å². The molecule has 1 rings (SSSR count). The molecule has 1 aromatic carbocycles. The number of benzene rings is 1. The summed E-state index contributed by atoms with van der Waals surface area (Å²) >= 11 is 0. The summed E-state index contributed by atoms with van der Waals surface area (Å²) in [6.45, 7) is 6.98. The van der Waals surface area contributed by atoms with Crippen molar-refractivity contribution >= 4 is 11.9 Å². The molecule has 104 valence electrons. The molecule has 1 atom stereocenters. The quantitative estimate of drug-likeness (QED) is 0.847. The van der Waals surface area contributed by atoms with Gasteiger partial charge in [-0.2, -0.15) is 0 Å². The van der Waals surface area contributed by atoms with Crippen molar-refractivity contribution in [3.05, 3.63) is 28.8 Å². The Morgan fingerprint density at radius 1 is 1.26 bits per heavy atom. The molecule has 5 heteroatoms. The van der Waals surface area contributed by atoms with E-state index in [4.69, 9.17) is 9.84 Å². The molecule has 2 N–H and O–H groups in total. The average Bonchev–Trinajstić information content (AvgIpc) is 2.25. The lowest BCUT2D eigenvalue weighted by Crippen LogP contribution is -2.43. The fourth-order valence-corrected chi connectivity index (χ4v) is 1.98. The number of carbonyl (C=O) groups excluding carboxylic acids is 1. The molecule has 0 fully saturated rings. The zero-order valence-electron chi connectivity index (χ0n) is 11.6. The fourth-order valence-electron chi connectivity index (χ4n) is 1.98. The first-order valence-electron chi connectivity index (χ1n) is 6.01. The topological polar surface area (TPSA) is 75.6 Å². The van der Waals surface area contributed by atoms with Crippen molar-refractivity contribution in [2.75, 3.05) is 6.61 Å². The summed E-state index contributed by atoms with van der Waals surface area (Å²) in [7, 11) is 0. The molecule has 0 aliphatic rings.